The molecule has 0 amide bonds. The molecule has 0 heterocycles. The van der Waals surface area contributed by atoms with E-state index in [1.165, 1.54) is 14.0 Å². The van der Waals surface area contributed by atoms with Crippen molar-refractivity contribution in [2.24, 2.45) is 11.8 Å². The summed E-state index contributed by atoms with van der Waals surface area (Å²) < 4.78 is 10.5. The minimum absolute atomic E-state index is 0.0606. The van der Waals surface area contributed by atoms with E-state index < -0.39 is 0 Å². The highest BCUT2D eigenvalue weighted by atomic mass is 16.5. The molecule has 1 aliphatic carbocycles. The average Bonchev–Trinajstić information content (AvgIpc) is 2.66. The van der Waals surface area contributed by atoms with Crippen LogP contribution in [-0.2, 0) is 20.7 Å². The Hall–Kier alpha value is -2.56. The van der Waals surface area contributed by atoms with Crippen LogP contribution in [0.5, 0.6) is 11.5 Å². The average molecular weight is 386 g/mol. The number of methoxy groups -OCH3 is 1. The van der Waals surface area contributed by atoms with Crippen molar-refractivity contribution in [3.05, 3.63) is 48.1 Å². The lowest BCUT2D eigenvalue weighted by Gasteiger charge is -2.23. The van der Waals surface area contributed by atoms with E-state index in [1.807, 2.05) is 12.2 Å². The van der Waals surface area contributed by atoms with Gasteiger partial charge in [0.25, 0.3) is 0 Å². The van der Waals surface area contributed by atoms with E-state index in [9.17, 15) is 14.7 Å². The summed E-state index contributed by atoms with van der Waals surface area (Å²) in [4.78, 5) is 23.9. The molecule has 5 nitrogen and oxygen atoms in total. The number of esters is 1. The number of allylic oxidation sites excluding steroid dienone is 4. The van der Waals surface area contributed by atoms with Gasteiger partial charge in [0.1, 0.15) is 11.9 Å². The molecule has 0 fully saturated rings. The van der Waals surface area contributed by atoms with Crippen LogP contribution in [-0.4, -0.2) is 30.1 Å². The molecule has 1 aliphatic rings. The molecule has 0 bridgehead atoms. The summed E-state index contributed by atoms with van der Waals surface area (Å²) in [7, 11) is 1.49. The number of benzene rings is 1. The molecule has 0 aliphatic heterocycles. The molecule has 2 rings (SSSR count). The third-order valence-corrected chi connectivity index (χ3v) is 5.11. The summed E-state index contributed by atoms with van der Waals surface area (Å²) in [5.74, 6) is 1.03. The summed E-state index contributed by atoms with van der Waals surface area (Å²) in [6.07, 6.45) is 10.7. The number of ketones is 1. The Kier molecular flexibility index (Phi) is 8.30. The standard InChI is InChI=1S/C23H30O5/c1-16-6-4-5-7-19(16)10-12-21(28-17(2)24)15-20(25)11-8-18-9-13-22(26)23(14-18)27-3/h4-7,9,13-14,16,19,21,26H,8,10-12,15H2,1-3H3/t16-,19-,21-/m1/s1. The van der Waals surface area contributed by atoms with Crippen LogP contribution in [0, 0.1) is 11.8 Å². The number of phenols is 1. The fraction of sp³-hybridized carbons (Fsp3) is 0.478. The number of hydrogen-bond acceptors (Lipinski definition) is 5. The summed E-state index contributed by atoms with van der Waals surface area (Å²) >= 11 is 0. The van der Waals surface area contributed by atoms with Gasteiger partial charge in [-0.25, -0.2) is 0 Å². The number of Topliss-reactive ketones (excluding diaryl/α,β-unsaturated/α-hetero) is 1. The van der Waals surface area contributed by atoms with E-state index in [-0.39, 0.29) is 30.0 Å². The van der Waals surface area contributed by atoms with Gasteiger partial charge < -0.3 is 14.6 Å². The van der Waals surface area contributed by atoms with Gasteiger partial charge in [-0.2, -0.15) is 0 Å². The topological polar surface area (TPSA) is 72.8 Å². The van der Waals surface area contributed by atoms with Gasteiger partial charge in [-0.1, -0.05) is 37.3 Å². The van der Waals surface area contributed by atoms with Crippen LogP contribution in [0.2, 0.25) is 0 Å². The van der Waals surface area contributed by atoms with Crippen molar-refractivity contribution in [3.63, 3.8) is 0 Å². The van der Waals surface area contributed by atoms with Gasteiger partial charge in [-0.05, 0) is 48.8 Å². The van der Waals surface area contributed by atoms with Crippen molar-refractivity contribution in [2.75, 3.05) is 7.11 Å². The molecule has 0 saturated heterocycles. The Morgan fingerprint density at radius 1 is 1.21 bits per heavy atom. The lowest BCUT2D eigenvalue weighted by Crippen LogP contribution is -2.22. The second kappa shape index (κ2) is 10.7. The molecule has 3 atom stereocenters. The molecule has 0 radical (unpaired) electrons. The van der Waals surface area contributed by atoms with Crippen LogP contribution < -0.4 is 4.74 Å². The zero-order valence-electron chi connectivity index (χ0n) is 16.9. The van der Waals surface area contributed by atoms with Gasteiger partial charge in [0.2, 0.25) is 0 Å². The number of phenolic OH excluding ortho intramolecular Hbond substituents is 1. The minimum atomic E-state index is -0.383. The van der Waals surface area contributed by atoms with Gasteiger partial charge in [0, 0.05) is 19.8 Å². The Morgan fingerprint density at radius 3 is 2.64 bits per heavy atom. The molecule has 1 N–H and O–H groups in total. The van der Waals surface area contributed by atoms with Crippen molar-refractivity contribution in [3.8, 4) is 11.5 Å². The van der Waals surface area contributed by atoms with E-state index in [2.05, 4.69) is 19.1 Å². The van der Waals surface area contributed by atoms with Crippen LogP contribution in [0.25, 0.3) is 0 Å². The van der Waals surface area contributed by atoms with E-state index >= 15 is 0 Å². The molecule has 152 valence electrons. The van der Waals surface area contributed by atoms with Crippen LogP contribution in [0.3, 0.4) is 0 Å². The van der Waals surface area contributed by atoms with E-state index in [0.717, 1.165) is 12.0 Å². The number of carbonyl (C=O) groups excluding carboxylic acids is 2. The number of aryl methyl sites for hydroxylation is 1. The SMILES string of the molecule is COc1cc(CCC(=O)C[C@@H](CC[C@H]2C=CC=C[C@H]2C)OC(C)=O)ccc1O. The van der Waals surface area contributed by atoms with E-state index in [1.54, 1.807) is 18.2 Å². The van der Waals surface area contributed by atoms with Crippen molar-refractivity contribution in [1.82, 2.24) is 0 Å². The quantitative estimate of drug-likeness (QED) is 0.604. The predicted octanol–water partition coefficient (Wildman–Crippen LogP) is 4.38. The predicted molar refractivity (Wildman–Crippen MR) is 108 cm³/mol. The molecule has 0 saturated carbocycles. The zero-order chi connectivity index (χ0) is 20.5. The fourth-order valence-electron chi connectivity index (χ4n) is 3.46. The molecular weight excluding hydrogens is 356 g/mol. The van der Waals surface area contributed by atoms with Crippen molar-refractivity contribution >= 4 is 11.8 Å². The normalized spacial score (nSPS) is 19.2. The molecular formula is C23H30O5. The summed E-state index contributed by atoms with van der Waals surface area (Å²) in [6.45, 7) is 3.55. The number of hydrogen-bond donors (Lipinski definition) is 1. The third-order valence-electron chi connectivity index (χ3n) is 5.11. The highest BCUT2D eigenvalue weighted by Gasteiger charge is 2.21. The first-order valence-corrected chi connectivity index (χ1v) is 9.78. The van der Waals surface area contributed by atoms with Crippen molar-refractivity contribution < 1.29 is 24.2 Å². The van der Waals surface area contributed by atoms with Gasteiger partial charge in [-0.15, -0.1) is 0 Å². The van der Waals surface area contributed by atoms with Crippen molar-refractivity contribution in [2.45, 2.75) is 52.1 Å². The molecule has 0 spiro atoms. The first-order valence-electron chi connectivity index (χ1n) is 9.78. The van der Waals surface area contributed by atoms with Gasteiger partial charge >= 0.3 is 5.97 Å². The van der Waals surface area contributed by atoms with Crippen LogP contribution in [0.15, 0.2) is 42.5 Å². The van der Waals surface area contributed by atoms with Gasteiger partial charge in [0.05, 0.1) is 7.11 Å². The van der Waals surface area contributed by atoms with E-state index in [4.69, 9.17) is 9.47 Å². The summed E-state index contributed by atoms with van der Waals surface area (Å²) in [5, 5.41) is 9.65. The number of ether oxygens (including phenoxy) is 2. The van der Waals surface area contributed by atoms with Crippen LogP contribution in [0.1, 0.15) is 45.1 Å². The number of aromatic hydroxyl groups is 1. The Labute approximate surface area is 167 Å². The maximum Gasteiger partial charge on any atom is 0.302 e. The Balaban J connectivity index is 1.86. The maximum atomic E-state index is 12.4. The summed E-state index contributed by atoms with van der Waals surface area (Å²) in [6, 6.07) is 5.07. The molecule has 0 unspecified atom stereocenters. The smallest absolute Gasteiger partial charge is 0.302 e. The Morgan fingerprint density at radius 2 is 1.96 bits per heavy atom. The fourth-order valence-corrected chi connectivity index (χ4v) is 3.46. The third kappa shape index (κ3) is 6.87. The maximum absolute atomic E-state index is 12.4. The molecule has 1 aromatic rings. The highest BCUT2D eigenvalue weighted by Crippen LogP contribution is 2.28. The molecule has 28 heavy (non-hydrogen) atoms. The first-order chi connectivity index (χ1) is 13.4. The van der Waals surface area contributed by atoms with Gasteiger partial charge in [-0.3, -0.25) is 9.59 Å². The second-order valence-electron chi connectivity index (χ2n) is 7.35. The lowest BCUT2D eigenvalue weighted by molar-refractivity contribution is -0.148. The summed E-state index contributed by atoms with van der Waals surface area (Å²) in [5.41, 5.74) is 0.917. The van der Waals surface area contributed by atoms with Crippen LogP contribution in [0.4, 0.5) is 0 Å². The second-order valence-corrected chi connectivity index (χ2v) is 7.35. The first kappa shape index (κ1) is 21.7. The molecule has 0 aromatic heterocycles. The molecule has 5 heteroatoms. The Bertz CT molecular complexity index is 735. The van der Waals surface area contributed by atoms with E-state index in [0.29, 0.717) is 36.8 Å². The zero-order valence-corrected chi connectivity index (χ0v) is 16.9. The number of carbonyl (C=O) groups is 2. The van der Waals surface area contributed by atoms with Crippen molar-refractivity contribution in [1.29, 1.82) is 0 Å². The molecule has 1 aromatic carbocycles. The minimum Gasteiger partial charge on any atom is -0.504 e. The van der Waals surface area contributed by atoms with Gasteiger partial charge in [0.15, 0.2) is 11.5 Å². The van der Waals surface area contributed by atoms with Crippen LogP contribution >= 0.6 is 0 Å². The monoisotopic (exact) mass is 386 g/mol. The largest absolute Gasteiger partial charge is 0.504 e. The highest BCUT2D eigenvalue weighted by molar-refractivity contribution is 5.79. The lowest BCUT2D eigenvalue weighted by atomic mass is 9.85. The number of rotatable bonds is 10.